The van der Waals surface area contributed by atoms with Crippen molar-refractivity contribution in [1.29, 1.82) is 0 Å². The normalized spacial score (nSPS) is 11.5. The number of benzene rings is 3. The molecule has 1 N–H and O–H groups in total. The Morgan fingerprint density at radius 2 is 1.73 bits per heavy atom. The molecule has 3 aromatic rings. The zero-order valence-electron chi connectivity index (χ0n) is 14.5. The molecule has 3 rings (SSSR count). The van der Waals surface area contributed by atoms with E-state index in [0.717, 1.165) is 22.1 Å². The zero-order chi connectivity index (χ0) is 18.7. The van der Waals surface area contributed by atoms with Gasteiger partial charge in [0.25, 0.3) is 0 Å². The van der Waals surface area contributed by atoms with E-state index in [4.69, 9.17) is 4.74 Å². The lowest BCUT2D eigenvalue weighted by Gasteiger charge is -2.09. The van der Waals surface area contributed by atoms with Gasteiger partial charge in [-0.3, -0.25) is 4.79 Å². The number of hydrogen-bond acceptors (Lipinski definition) is 4. The van der Waals surface area contributed by atoms with E-state index in [0.29, 0.717) is 5.56 Å². The topological polar surface area (TPSA) is 72.5 Å². The van der Waals surface area contributed by atoms with Gasteiger partial charge < -0.3 is 4.74 Å². The van der Waals surface area contributed by atoms with Crippen molar-refractivity contribution in [2.24, 2.45) is 0 Å². The highest BCUT2D eigenvalue weighted by molar-refractivity contribution is 7.89. The number of rotatable bonds is 6. The van der Waals surface area contributed by atoms with Crippen LogP contribution in [0.5, 0.6) is 5.75 Å². The Kier molecular flexibility index (Phi) is 5.06. The summed E-state index contributed by atoms with van der Waals surface area (Å²) in [6.07, 6.45) is 0. The number of ether oxygens (including phenoxy) is 1. The molecule has 0 saturated carbocycles. The molecule has 6 heteroatoms. The second-order valence-electron chi connectivity index (χ2n) is 5.96. The van der Waals surface area contributed by atoms with Gasteiger partial charge in [-0.05, 0) is 53.6 Å². The van der Waals surface area contributed by atoms with E-state index in [1.165, 1.54) is 19.1 Å². The van der Waals surface area contributed by atoms with Crippen LogP contribution in [0.1, 0.15) is 22.8 Å². The number of methoxy groups -OCH3 is 1. The first-order chi connectivity index (χ1) is 12.4. The number of carbonyl (C=O) groups is 1. The number of ketones is 1. The molecule has 0 saturated heterocycles. The number of sulfonamides is 1. The van der Waals surface area contributed by atoms with Crippen LogP contribution in [0.4, 0.5) is 0 Å². The average molecular weight is 369 g/mol. The van der Waals surface area contributed by atoms with Gasteiger partial charge in [0.2, 0.25) is 10.0 Å². The maximum Gasteiger partial charge on any atom is 0.240 e. The van der Waals surface area contributed by atoms with Crippen LogP contribution in [0.15, 0.2) is 65.6 Å². The molecule has 0 fully saturated rings. The summed E-state index contributed by atoms with van der Waals surface area (Å²) in [6, 6.07) is 17.5. The maximum absolute atomic E-state index is 12.5. The van der Waals surface area contributed by atoms with E-state index < -0.39 is 10.0 Å². The standard InChI is InChI=1S/C20H19NO4S/c1-14(22)16-4-3-5-20(12-16)26(23,24)21-13-15-6-7-18-11-19(25-2)9-8-17(18)10-15/h3-12,21H,13H2,1-2H3. The van der Waals surface area contributed by atoms with Crippen LogP contribution >= 0.6 is 0 Å². The molecule has 0 bridgehead atoms. The quantitative estimate of drug-likeness (QED) is 0.675. The van der Waals surface area contributed by atoms with Crippen molar-refractivity contribution >= 4 is 26.6 Å². The van der Waals surface area contributed by atoms with Crippen molar-refractivity contribution in [2.75, 3.05) is 7.11 Å². The zero-order valence-corrected chi connectivity index (χ0v) is 15.3. The second kappa shape index (κ2) is 7.27. The van der Waals surface area contributed by atoms with Gasteiger partial charge in [0.1, 0.15) is 5.75 Å². The van der Waals surface area contributed by atoms with Gasteiger partial charge in [0.15, 0.2) is 5.78 Å². The minimum Gasteiger partial charge on any atom is -0.497 e. The van der Waals surface area contributed by atoms with Gasteiger partial charge in [-0.25, -0.2) is 13.1 Å². The fourth-order valence-corrected chi connectivity index (χ4v) is 3.72. The number of Topliss-reactive ketones (excluding diaryl/α,β-unsaturated/α-hetero) is 1. The van der Waals surface area contributed by atoms with Crippen LogP contribution in [0, 0.1) is 0 Å². The van der Waals surface area contributed by atoms with Crippen molar-refractivity contribution in [3.05, 3.63) is 71.8 Å². The van der Waals surface area contributed by atoms with Gasteiger partial charge in [0, 0.05) is 12.1 Å². The molecule has 0 aliphatic carbocycles. The molecule has 0 heterocycles. The maximum atomic E-state index is 12.5. The number of nitrogens with one attached hydrogen (secondary N) is 1. The highest BCUT2D eigenvalue weighted by atomic mass is 32.2. The first-order valence-corrected chi connectivity index (χ1v) is 9.55. The number of hydrogen-bond donors (Lipinski definition) is 1. The lowest BCUT2D eigenvalue weighted by Crippen LogP contribution is -2.23. The predicted octanol–water partition coefficient (Wildman–Crippen LogP) is 3.53. The molecule has 0 aliphatic heterocycles. The molecule has 3 aromatic carbocycles. The van der Waals surface area contributed by atoms with Gasteiger partial charge in [-0.1, -0.05) is 30.3 Å². The first kappa shape index (κ1) is 18.1. The summed E-state index contributed by atoms with van der Waals surface area (Å²) in [7, 11) is -2.08. The summed E-state index contributed by atoms with van der Waals surface area (Å²) in [6.45, 7) is 1.57. The van der Waals surface area contributed by atoms with E-state index in [2.05, 4.69) is 4.72 Å². The molecule has 0 atom stereocenters. The average Bonchev–Trinajstić information content (AvgIpc) is 2.66. The SMILES string of the molecule is COc1ccc2cc(CNS(=O)(=O)c3cccc(C(C)=O)c3)ccc2c1. The Labute approximate surface area is 152 Å². The Bertz CT molecular complexity index is 1070. The molecular weight excluding hydrogens is 350 g/mol. The van der Waals surface area contributed by atoms with Crippen LogP contribution in [-0.4, -0.2) is 21.3 Å². The largest absolute Gasteiger partial charge is 0.497 e. The Morgan fingerprint density at radius 1 is 1.00 bits per heavy atom. The van der Waals surface area contributed by atoms with E-state index in [1.54, 1.807) is 19.2 Å². The Morgan fingerprint density at radius 3 is 2.46 bits per heavy atom. The molecular formula is C20H19NO4S. The minimum atomic E-state index is -3.70. The lowest BCUT2D eigenvalue weighted by atomic mass is 10.1. The van der Waals surface area contributed by atoms with E-state index in [1.807, 2.05) is 36.4 Å². The van der Waals surface area contributed by atoms with E-state index in [9.17, 15) is 13.2 Å². The Hall–Kier alpha value is -2.70. The summed E-state index contributed by atoms with van der Waals surface area (Å²) < 4.78 is 32.8. The fourth-order valence-electron chi connectivity index (χ4n) is 2.65. The summed E-state index contributed by atoms with van der Waals surface area (Å²) >= 11 is 0. The summed E-state index contributed by atoms with van der Waals surface area (Å²) in [5.74, 6) is 0.600. The fraction of sp³-hybridized carbons (Fsp3) is 0.150. The molecule has 5 nitrogen and oxygen atoms in total. The van der Waals surface area contributed by atoms with E-state index >= 15 is 0 Å². The minimum absolute atomic E-state index is 0.0794. The lowest BCUT2D eigenvalue weighted by molar-refractivity contribution is 0.101. The highest BCUT2D eigenvalue weighted by Gasteiger charge is 2.15. The molecule has 0 aromatic heterocycles. The van der Waals surface area contributed by atoms with Crippen molar-refractivity contribution in [3.8, 4) is 5.75 Å². The van der Waals surface area contributed by atoms with Crippen LogP contribution in [0.2, 0.25) is 0 Å². The molecule has 0 aliphatic rings. The van der Waals surface area contributed by atoms with Gasteiger partial charge in [-0.15, -0.1) is 0 Å². The van der Waals surface area contributed by atoms with E-state index in [-0.39, 0.29) is 17.2 Å². The predicted molar refractivity (Wildman–Crippen MR) is 101 cm³/mol. The molecule has 0 unspecified atom stereocenters. The van der Waals surface area contributed by atoms with Crippen LogP contribution in [0.25, 0.3) is 10.8 Å². The monoisotopic (exact) mass is 369 g/mol. The van der Waals surface area contributed by atoms with Crippen molar-refractivity contribution in [1.82, 2.24) is 4.72 Å². The van der Waals surface area contributed by atoms with Gasteiger partial charge in [-0.2, -0.15) is 0 Å². The van der Waals surface area contributed by atoms with Crippen LogP contribution in [0.3, 0.4) is 0 Å². The number of fused-ring (bicyclic) bond motifs is 1. The van der Waals surface area contributed by atoms with Crippen molar-refractivity contribution in [3.63, 3.8) is 0 Å². The van der Waals surface area contributed by atoms with Crippen molar-refractivity contribution < 1.29 is 17.9 Å². The Balaban J connectivity index is 1.80. The van der Waals surface area contributed by atoms with Crippen LogP contribution in [-0.2, 0) is 16.6 Å². The van der Waals surface area contributed by atoms with Crippen LogP contribution < -0.4 is 9.46 Å². The molecule has 0 amide bonds. The molecule has 0 spiro atoms. The third-order valence-corrected chi connectivity index (χ3v) is 5.53. The molecule has 134 valence electrons. The highest BCUT2D eigenvalue weighted by Crippen LogP contribution is 2.22. The third-order valence-electron chi connectivity index (χ3n) is 4.13. The summed E-state index contributed by atoms with van der Waals surface area (Å²) in [4.78, 5) is 11.5. The summed E-state index contributed by atoms with van der Waals surface area (Å²) in [5, 5.41) is 2.02. The summed E-state index contributed by atoms with van der Waals surface area (Å²) in [5.41, 5.74) is 1.21. The number of carbonyl (C=O) groups excluding carboxylic acids is 1. The molecule has 26 heavy (non-hydrogen) atoms. The smallest absolute Gasteiger partial charge is 0.240 e. The van der Waals surface area contributed by atoms with Gasteiger partial charge >= 0.3 is 0 Å². The second-order valence-corrected chi connectivity index (χ2v) is 7.72. The van der Waals surface area contributed by atoms with Crippen molar-refractivity contribution in [2.45, 2.75) is 18.4 Å². The molecule has 0 radical (unpaired) electrons. The van der Waals surface area contributed by atoms with Gasteiger partial charge in [0.05, 0.1) is 12.0 Å². The third kappa shape index (κ3) is 3.92. The first-order valence-electron chi connectivity index (χ1n) is 8.06.